The van der Waals surface area contributed by atoms with Crippen molar-refractivity contribution >= 4 is 68.5 Å². The summed E-state index contributed by atoms with van der Waals surface area (Å²) in [6, 6.07) is 7.25. The van der Waals surface area contributed by atoms with Gasteiger partial charge in [-0.2, -0.15) is 4.98 Å². The zero-order chi connectivity index (χ0) is 25.8. The van der Waals surface area contributed by atoms with Gasteiger partial charge < -0.3 is 24.8 Å². The lowest BCUT2D eigenvalue weighted by atomic mass is 10.1. The summed E-state index contributed by atoms with van der Waals surface area (Å²) in [7, 11) is 0. The molecule has 192 valence electrons. The maximum atomic E-state index is 13.1. The summed E-state index contributed by atoms with van der Waals surface area (Å²) in [4.78, 5) is 36.2. The van der Waals surface area contributed by atoms with E-state index in [1.165, 1.54) is 0 Å². The van der Waals surface area contributed by atoms with E-state index in [0.717, 1.165) is 42.5 Å². The molecule has 0 radical (unpaired) electrons. The molecule has 4 rings (SSSR count). The number of benzene rings is 1. The number of carbonyl (C=O) groups is 1. The fourth-order valence-corrected chi connectivity index (χ4v) is 4.88. The van der Waals surface area contributed by atoms with E-state index in [0.29, 0.717) is 27.3 Å². The van der Waals surface area contributed by atoms with Crippen LogP contribution in [0, 0.1) is 0 Å². The van der Waals surface area contributed by atoms with Gasteiger partial charge in [-0.25, -0.2) is 4.98 Å². The van der Waals surface area contributed by atoms with Crippen molar-refractivity contribution in [3.05, 3.63) is 45.8 Å². The molecule has 1 saturated heterocycles. The number of nitrogens with zero attached hydrogens (tertiary/aromatic N) is 4. The first-order valence-corrected chi connectivity index (χ1v) is 13.7. The van der Waals surface area contributed by atoms with Crippen LogP contribution in [0.25, 0.3) is 10.9 Å². The summed E-state index contributed by atoms with van der Waals surface area (Å²) in [6.07, 6.45) is 3.82. The van der Waals surface area contributed by atoms with Crippen LogP contribution in [0.15, 0.2) is 35.3 Å². The normalized spacial score (nSPS) is 14.3. The first-order valence-electron chi connectivity index (χ1n) is 12.0. The number of pyridine rings is 1. The molecular weight excluding hydrogens is 595 g/mol. The highest BCUT2D eigenvalue weighted by Gasteiger charge is 2.20. The van der Waals surface area contributed by atoms with Crippen molar-refractivity contribution in [1.82, 2.24) is 19.9 Å². The van der Waals surface area contributed by atoms with Gasteiger partial charge in [0.15, 0.2) is 18.2 Å². The van der Waals surface area contributed by atoms with E-state index in [1.807, 2.05) is 39.0 Å². The van der Waals surface area contributed by atoms with E-state index in [-0.39, 0.29) is 29.9 Å². The summed E-state index contributed by atoms with van der Waals surface area (Å²) in [5.41, 5.74) is 1.24. The molecule has 1 aromatic carbocycles. The minimum atomic E-state index is -0.277. The number of fused-ring (bicyclic) bond motifs is 1. The second kappa shape index (κ2) is 11.6. The van der Waals surface area contributed by atoms with E-state index in [2.05, 4.69) is 48.1 Å². The molecule has 0 saturated carbocycles. The van der Waals surface area contributed by atoms with Gasteiger partial charge in [-0.1, -0.05) is 34.2 Å². The van der Waals surface area contributed by atoms with Gasteiger partial charge in [0.25, 0.3) is 11.5 Å². The molecule has 1 fully saturated rings. The molecule has 3 heterocycles. The Balaban J connectivity index is 1.64. The van der Waals surface area contributed by atoms with Crippen LogP contribution in [0.2, 0.25) is 5.02 Å². The van der Waals surface area contributed by atoms with Crippen LogP contribution < -0.4 is 25.8 Å². The van der Waals surface area contributed by atoms with Gasteiger partial charge in [0.1, 0.15) is 5.02 Å². The highest BCUT2D eigenvalue weighted by Crippen LogP contribution is 2.29. The predicted molar refractivity (Wildman–Crippen MR) is 152 cm³/mol. The molecule has 0 aliphatic carbocycles. The van der Waals surface area contributed by atoms with Crippen molar-refractivity contribution in [3.63, 3.8) is 0 Å². The van der Waals surface area contributed by atoms with Gasteiger partial charge >= 0.3 is 0 Å². The summed E-state index contributed by atoms with van der Waals surface area (Å²) in [6.45, 7) is 7.79. The summed E-state index contributed by atoms with van der Waals surface area (Å²) >= 11 is 8.92. The Bertz CT molecular complexity index is 1310. The number of carbonyl (C=O) groups excluding carboxylic acids is 1. The molecule has 1 amide bonds. The van der Waals surface area contributed by atoms with Crippen molar-refractivity contribution in [2.45, 2.75) is 43.6 Å². The Hall–Kier alpha value is -2.60. The number of alkyl halides is 1. The zero-order valence-corrected chi connectivity index (χ0v) is 23.5. The molecule has 1 aliphatic heterocycles. The highest BCUT2D eigenvalue weighted by molar-refractivity contribution is 14.1. The molecule has 0 unspecified atom stereocenters. The Morgan fingerprint density at radius 3 is 2.72 bits per heavy atom. The van der Waals surface area contributed by atoms with Gasteiger partial charge in [-0.15, -0.1) is 0 Å². The Morgan fingerprint density at radius 2 is 2.03 bits per heavy atom. The Labute approximate surface area is 228 Å². The fraction of sp³-hybridized carbons (Fsp3) is 0.440. The quantitative estimate of drug-likeness (QED) is 0.277. The third-order valence-electron chi connectivity index (χ3n) is 5.95. The Kier molecular flexibility index (Phi) is 8.55. The zero-order valence-electron chi connectivity index (χ0n) is 20.6. The minimum absolute atomic E-state index is 0.0996. The lowest BCUT2D eigenvalue weighted by Gasteiger charge is -2.29. The summed E-state index contributed by atoms with van der Waals surface area (Å²) in [5.74, 6) is 1.02. The number of hydrogen-bond acceptors (Lipinski definition) is 7. The molecule has 0 bridgehead atoms. The van der Waals surface area contributed by atoms with E-state index in [4.69, 9.17) is 16.3 Å². The number of rotatable bonds is 8. The molecule has 0 spiro atoms. The van der Waals surface area contributed by atoms with Gasteiger partial charge in [-0.05, 0) is 57.9 Å². The molecule has 2 aromatic heterocycles. The van der Waals surface area contributed by atoms with Gasteiger partial charge in [-0.3, -0.25) is 9.59 Å². The standard InChI is InChI=1S/C25H30ClIN6O3/c1-4-28-22(34)14-36-21-12-16-11-18(5-6-20(16)33(15(2)3)24(21)35)30-23-19(26)13-29-25(31-23)32-9-7-17(27)8-10-32/h5-6,11-13,15,17H,4,7-10,14H2,1-3H3,(H,28,34)(H,29,30,31). The van der Waals surface area contributed by atoms with Crippen molar-refractivity contribution in [3.8, 4) is 5.75 Å². The number of piperidine rings is 1. The lowest BCUT2D eigenvalue weighted by Crippen LogP contribution is -2.35. The van der Waals surface area contributed by atoms with Crippen LogP contribution in [0.4, 0.5) is 17.5 Å². The molecular formula is C25H30ClIN6O3. The number of nitrogens with one attached hydrogen (secondary N) is 2. The van der Waals surface area contributed by atoms with Crippen LogP contribution in [0.1, 0.15) is 39.7 Å². The van der Waals surface area contributed by atoms with Crippen molar-refractivity contribution in [2.24, 2.45) is 0 Å². The van der Waals surface area contributed by atoms with Crippen LogP contribution >= 0.6 is 34.2 Å². The molecule has 2 N–H and O–H groups in total. The van der Waals surface area contributed by atoms with E-state index >= 15 is 0 Å². The molecule has 9 nitrogen and oxygen atoms in total. The number of hydrogen-bond donors (Lipinski definition) is 2. The first-order chi connectivity index (χ1) is 17.3. The van der Waals surface area contributed by atoms with Crippen LogP contribution in [-0.2, 0) is 4.79 Å². The Morgan fingerprint density at radius 1 is 1.28 bits per heavy atom. The number of ether oxygens (including phenoxy) is 1. The SMILES string of the molecule is CCNC(=O)COc1cc2cc(Nc3nc(N4CCC(I)CC4)ncc3Cl)ccc2n(C(C)C)c1=O. The second-order valence-corrected chi connectivity index (χ2v) is 11.1. The molecule has 0 atom stereocenters. The number of halogens is 2. The fourth-order valence-electron chi connectivity index (χ4n) is 4.19. The largest absolute Gasteiger partial charge is 0.478 e. The smallest absolute Gasteiger partial charge is 0.293 e. The van der Waals surface area contributed by atoms with Crippen molar-refractivity contribution < 1.29 is 9.53 Å². The van der Waals surface area contributed by atoms with Crippen molar-refractivity contribution in [2.75, 3.05) is 36.5 Å². The average molecular weight is 625 g/mol. The minimum Gasteiger partial charge on any atom is -0.478 e. The highest BCUT2D eigenvalue weighted by atomic mass is 127. The third-order valence-corrected chi connectivity index (χ3v) is 7.48. The van der Waals surface area contributed by atoms with Gasteiger partial charge in [0, 0.05) is 40.7 Å². The second-order valence-electron chi connectivity index (χ2n) is 8.95. The maximum Gasteiger partial charge on any atom is 0.293 e. The van der Waals surface area contributed by atoms with E-state index in [9.17, 15) is 9.59 Å². The first kappa shape index (κ1) is 26.5. The van der Waals surface area contributed by atoms with Crippen LogP contribution in [-0.4, -0.2) is 50.6 Å². The monoisotopic (exact) mass is 624 g/mol. The molecule has 11 heteroatoms. The van der Waals surface area contributed by atoms with Crippen molar-refractivity contribution in [1.29, 1.82) is 0 Å². The average Bonchev–Trinajstić information content (AvgIpc) is 2.84. The lowest BCUT2D eigenvalue weighted by molar-refractivity contribution is -0.123. The molecule has 36 heavy (non-hydrogen) atoms. The van der Waals surface area contributed by atoms with Crippen LogP contribution in [0.3, 0.4) is 0 Å². The number of amides is 1. The number of likely N-dealkylation sites (N-methyl/N-ethyl adjacent to an activating group) is 1. The predicted octanol–water partition coefficient (Wildman–Crippen LogP) is 4.69. The summed E-state index contributed by atoms with van der Waals surface area (Å²) in [5, 5.41) is 7.17. The summed E-state index contributed by atoms with van der Waals surface area (Å²) < 4.78 is 7.95. The number of aromatic nitrogens is 3. The molecule has 3 aromatic rings. The maximum absolute atomic E-state index is 13.1. The van der Waals surface area contributed by atoms with Gasteiger partial charge in [0.2, 0.25) is 5.95 Å². The molecule has 1 aliphatic rings. The van der Waals surface area contributed by atoms with Gasteiger partial charge in [0.05, 0.1) is 11.7 Å². The van der Waals surface area contributed by atoms with Crippen LogP contribution in [0.5, 0.6) is 5.75 Å². The number of anilines is 3. The van der Waals surface area contributed by atoms with E-state index in [1.54, 1.807) is 16.8 Å². The third kappa shape index (κ3) is 6.03. The topological polar surface area (TPSA) is 101 Å². The van der Waals surface area contributed by atoms with E-state index < -0.39 is 0 Å².